The van der Waals surface area contributed by atoms with Crippen LogP contribution < -0.4 is 0 Å². The SMILES string of the molecule is CCCCOC[C@H](CO)OC. The zero-order valence-corrected chi connectivity index (χ0v) is 7.38. The molecular weight excluding hydrogens is 144 g/mol. The van der Waals surface area contributed by atoms with Gasteiger partial charge in [0, 0.05) is 13.7 Å². The molecule has 1 atom stereocenters. The molecule has 0 aromatic carbocycles. The minimum Gasteiger partial charge on any atom is -0.394 e. The Bertz CT molecular complexity index is 71.7. The molecule has 0 heterocycles. The van der Waals surface area contributed by atoms with Crippen molar-refractivity contribution in [2.24, 2.45) is 0 Å². The maximum atomic E-state index is 8.68. The normalized spacial score (nSPS) is 13.4. The van der Waals surface area contributed by atoms with Crippen LogP contribution in [0.3, 0.4) is 0 Å². The third kappa shape index (κ3) is 6.28. The van der Waals surface area contributed by atoms with E-state index in [9.17, 15) is 0 Å². The molecule has 0 amide bonds. The number of ether oxygens (including phenoxy) is 2. The van der Waals surface area contributed by atoms with Gasteiger partial charge in [0.2, 0.25) is 0 Å². The van der Waals surface area contributed by atoms with Crippen LogP contribution in [0.5, 0.6) is 0 Å². The Morgan fingerprint density at radius 3 is 2.64 bits per heavy atom. The van der Waals surface area contributed by atoms with Gasteiger partial charge in [0.05, 0.1) is 13.2 Å². The summed E-state index contributed by atoms with van der Waals surface area (Å²) in [7, 11) is 1.57. The van der Waals surface area contributed by atoms with Crippen molar-refractivity contribution in [3.05, 3.63) is 0 Å². The highest BCUT2D eigenvalue weighted by atomic mass is 16.5. The predicted molar refractivity (Wildman–Crippen MR) is 43.6 cm³/mol. The van der Waals surface area contributed by atoms with Gasteiger partial charge in [-0.25, -0.2) is 0 Å². The lowest BCUT2D eigenvalue weighted by Gasteiger charge is -2.11. The second kappa shape index (κ2) is 7.98. The largest absolute Gasteiger partial charge is 0.394 e. The van der Waals surface area contributed by atoms with E-state index >= 15 is 0 Å². The summed E-state index contributed by atoms with van der Waals surface area (Å²) in [5, 5.41) is 8.68. The lowest BCUT2D eigenvalue weighted by atomic mass is 10.3. The molecule has 0 saturated carbocycles. The first-order valence-corrected chi connectivity index (χ1v) is 4.06. The van der Waals surface area contributed by atoms with Gasteiger partial charge in [0.25, 0.3) is 0 Å². The summed E-state index contributed by atoms with van der Waals surface area (Å²) in [6.07, 6.45) is 2.05. The van der Waals surface area contributed by atoms with E-state index in [4.69, 9.17) is 14.6 Å². The van der Waals surface area contributed by atoms with E-state index < -0.39 is 0 Å². The van der Waals surface area contributed by atoms with Gasteiger partial charge in [-0.1, -0.05) is 13.3 Å². The van der Waals surface area contributed by atoms with Crippen LogP contribution in [0.4, 0.5) is 0 Å². The van der Waals surface area contributed by atoms with Crippen LogP contribution in [0.2, 0.25) is 0 Å². The quantitative estimate of drug-likeness (QED) is 0.563. The molecule has 0 rings (SSSR count). The molecule has 3 nitrogen and oxygen atoms in total. The highest BCUT2D eigenvalue weighted by Crippen LogP contribution is 1.92. The van der Waals surface area contributed by atoms with Crippen molar-refractivity contribution in [1.29, 1.82) is 0 Å². The topological polar surface area (TPSA) is 38.7 Å². The van der Waals surface area contributed by atoms with E-state index in [2.05, 4.69) is 6.92 Å². The van der Waals surface area contributed by atoms with Gasteiger partial charge in [-0.2, -0.15) is 0 Å². The fraction of sp³-hybridized carbons (Fsp3) is 1.00. The van der Waals surface area contributed by atoms with Crippen molar-refractivity contribution in [1.82, 2.24) is 0 Å². The number of hydrogen-bond acceptors (Lipinski definition) is 3. The first kappa shape index (κ1) is 10.9. The number of aliphatic hydroxyl groups is 1. The summed E-state index contributed by atoms with van der Waals surface area (Å²) in [4.78, 5) is 0. The van der Waals surface area contributed by atoms with Crippen LogP contribution in [-0.2, 0) is 9.47 Å². The molecule has 0 bridgehead atoms. The molecule has 0 fully saturated rings. The molecule has 68 valence electrons. The van der Waals surface area contributed by atoms with Crippen LogP contribution in [0.15, 0.2) is 0 Å². The highest BCUT2D eigenvalue weighted by Gasteiger charge is 2.03. The van der Waals surface area contributed by atoms with Gasteiger partial charge in [-0.05, 0) is 6.42 Å². The first-order chi connectivity index (χ1) is 5.35. The van der Waals surface area contributed by atoms with Crippen LogP contribution >= 0.6 is 0 Å². The second-order valence-corrected chi connectivity index (χ2v) is 2.47. The fourth-order valence-electron chi connectivity index (χ4n) is 0.656. The highest BCUT2D eigenvalue weighted by molar-refractivity contribution is 4.51. The number of methoxy groups -OCH3 is 1. The van der Waals surface area contributed by atoms with Gasteiger partial charge in [-0.3, -0.25) is 0 Å². The molecule has 3 heteroatoms. The molecule has 0 saturated heterocycles. The fourth-order valence-corrected chi connectivity index (χ4v) is 0.656. The van der Waals surface area contributed by atoms with E-state index in [1.54, 1.807) is 7.11 Å². The molecule has 0 aliphatic heterocycles. The Morgan fingerprint density at radius 2 is 2.18 bits per heavy atom. The van der Waals surface area contributed by atoms with Crippen molar-refractivity contribution >= 4 is 0 Å². The van der Waals surface area contributed by atoms with E-state index in [1.807, 2.05) is 0 Å². The zero-order chi connectivity index (χ0) is 8.53. The predicted octanol–water partition coefficient (Wildman–Crippen LogP) is 0.810. The van der Waals surface area contributed by atoms with Crippen molar-refractivity contribution < 1.29 is 14.6 Å². The Morgan fingerprint density at radius 1 is 1.45 bits per heavy atom. The Balaban J connectivity index is 3.07. The molecule has 11 heavy (non-hydrogen) atoms. The first-order valence-electron chi connectivity index (χ1n) is 4.06. The maximum absolute atomic E-state index is 8.68. The van der Waals surface area contributed by atoms with Crippen molar-refractivity contribution in [2.75, 3.05) is 26.9 Å². The number of aliphatic hydroxyl groups excluding tert-OH is 1. The van der Waals surface area contributed by atoms with E-state index in [0.29, 0.717) is 6.61 Å². The minimum atomic E-state index is -0.160. The standard InChI is InChI=1S/C8H18O3/c1-3-4-5-11-7-8(6-9)10-2/h8-9H,3-7H2,1-2H3/t8-/m0/s1. The Kier molecular flexibility index (Phi) is 7.89. The number of rotatable bonds is 7. The van der Waals surface area contributed by atoms with Crippen molar-refractivity contribution in [3.8, 4) is 0 Å². The molecule has 0 aliphatic carbocycles. The van der Waals surface area contributed by atoms with Gasteiger partial charge < -0.3 is 14.6 Å². The van der Waals surface area contributed by atoms with Crippen LogP contribution in [0.1, 0.15) is 19.8 Å². The summed E-state index contributed by atoms with van der Waals surface area (Å²) in [6, 6.07) is 0. The van der Waals surface area contributed by atoms with Crippen LogP contribution in [0.25, 0.3) is 0 Å². The smallest absolute Gasteiger partial charge is 0.103 e. The Hall–Kier alpha value is -0.120. The summed E-state index contributed by atoms with van der Waals surface area (Å²) in [6.45, 7) is 3.40. The molecular formula is C8H18O3. The summed E-state index contributed by atoms with van der Waals surface area (Å²) in [5.74, 6) is 0. The average molecular weight is 162 g/mol. The number of unbranched alkanes of at least 4 members (excludes halogenated alkanes) is 1. The molecule has 1 N–H and O–H groups in total. The summed E-state index contributed by atoms with van der Waals surface area (Å²) < 4.78 is 10.1. The molecule has 0 aliphatic rings. The zero-order valence-electron chi connectivity index (χ0n) is 7.38. The third-order valence-electron chi connectivity index (χ3n) is 1.48. The van der Waals surface area contributed by atoms with Crippen molar-refractivity contribution in [2.45, 2.75) is 25.9 Å². The summed E-state index contributed by atoms with van der Waals surface area (Å²) in [5.41, 5.74) is 0. The molecule has 0 radical (unpaired) electrons. The van der Waals surface area contributed by atoms with Gasteiger partial charge in [0.1, 0.15) is 6.10 Å². The second-order valence-electron chi connectivity index (χ2n) is 2.47. The monoisotopic (exact) mass is 162 g/mol. The van der Waals surface area contributed by atoms with Crippen LogP contribution in [0, 0.1) is 0 Å². The number of hydrogen-bond donors (Lipinski definition) is 1. The summed E-state index contributed by atoms with van der Waals surface area (Å²) >= 11 is 0. The lowest BCUT2D eigenvalue weighted by molar-refractivity contribution is -0.0203. The van der Waals surface area contributed by atoms with Gasteiger partial charge in [0.15, 0.2) is 0 Å². The van der Waals surface area contributed by atoms with Gasteiger partial charge >= 0.3 is 0 Å². The molecule has 0 aromatic rings. The molecule has 0 aromatic heterocycles. The van der Waals surface area contributed by atoms with Crippen LogP contribution in [-0.4, -0.2) is 38.1 Å². The van der Waals surface area contributed by atoms with Crippen molar-refractivity contribution in [3.63, 3.8) is 0 Å². The van der Waals surface area contributed by atoms with E-state index in [-0.39, 0.29) is 12.7 Å². The minimum absolute atomic E-state index is 0.0304. The molecule has 0 spiro atoms. The van der Waals surface area contributed by atoms with E-state index in [1.165, 1.54) is 0 Å². The maximum Gasteiger partial charge on any atom is 0.103 e. The molecule has 0 unspecified atom stereocenters. The third-order valence-corrected chi connectivity index (χ3v) is 1.48. The van der Waals surface area contributed by atoms with E-state index in [0.717, 1.165) is 19.4 Å². The van der Waals surface area contributed by atoms with Gasteiger partial charge in [-0.15, -0.1) is 0 Å². The lowest BCUT2D eigenvalue weighted by Crippen LogP contribution is -2.22. The Labute approximate surface area is 68.3 Å². The average Bonchev–Trinajstić information content (AvgIpc) is 2.05.